The van der Waals surface area contributed by atoms with E-state index in [9.17, 15) is 4.79 Å². The second-order valence-electron chi connectivity index (χ2n) is 4.80. The number of amides is 1. The monoisotopic (exact) mass is 295 g/mol. The largest absolute Gasteiger partial charge is 0.373 e. The summed E-state index contributed by atoms with van der Waals surface area (Å²) in [7, 11) is 1.80. The van der Waals surface area contributed by atoms with Gasteiger partial charge in [0.15, 0.2) is 0 Å². The second kappa shape index (κ2) is 9.64. The lowest BCUT2D eigenvalue weighted by atomic mass is 10.2. The topological polar surface area (TPSA) is 54.0 Å². The van der Waals surface area contributed by atoms with Crippen LogP contribution in [0.3, 0.4) is 0 Å². The smallest absolute Gasteiger partial charge is 0.251 e. The normalized spacial score (nSPS) is 10.3. The SMILES string of the molecule is CNc1cc(C(=O)NCCCCCCSC)cc(C)n1. The van der Waals surface area contributed by atoms with Gasteiger partial charge in [-0.3, -0.25) is 4.79 Å². The number of thioether (sulfide) groups is 1. The zero-order valence-corrected chi connectivity index (χ0v) is 13.5. The molecule has 0 radical (unpaired) electrons. The van der Waals surface area contributed by atoms with Crippen molar-refractivity contribution in [2.24, 2.45) is 0 Å². The first-order valence-electron chi connectivity index (χ1n) is 7.11. The van der Waals surface area contributed by atoms with E-state index in [1.54, 1.807) is 13.1 Å². The van der Waals surface area contributed by atoms with Crippen molar-refractivity contribution in [3.05, 3.63) is 23.4 Å². The van der Waals surface area contributed by atoms with Gasteiger partial charge in [-0.05, 0) is 43.9 Å². The summed E-state index contributed by atoms with van der Waals surface area (Å²) in [5.74, 6) is 1.94. The maximum absolute atomic E-state index is 12.0. The quantitative estimate of drug-likeness (QED) is 0.687. The van der Waals surface area contributed by atoms with Gasteiger partial charge in [0.25, 0.3) is 5.91 Å². The highest BCUT2D eigenvalue weighted by Gasteiger charge is 2.07. The van der Waals surface area contributed by atoms with Gasteiger partial charge in [0, 0.05) is 24.8 Å². The number of pyridine rings is 1. The van der Waals surface area contributed by atoms with E-state index in [4.69, 9.17) is 0 Å². The lowest BCUT2D eigenvalue weighted by Gasteiger charge is -2.08. The first-order chi connectivity index (χ1) is 9.67. The molecule has 5 heteroatoms. The predicted molar refractivity (Wildman–Crippen MR) is 87.7 cm³/mol. The third-order valence-electron chi connectivity index (χ3n) is 3.03. The summed E-state index contributed by atoms with van der Waals surface area (Å²) in [6.07, 6.45) is 6.87. The molecule has 0 aromatic carbocycles. The summed E-state index contributed by atoms with van der Waals surface area (Å²) in [5, 5.41) is 5.93. The minimum Gasteiger partial charge on any atom is -0.373 e. The summed E-state index contributed by atoms with van der Waals surface area (Å²) in [6.45, 7) is 2.64. The molecular weight excluding hydrogens is 270 g/mol. The third kappa shape index (κ3) is 6.28. The number of unbranched alkanes of at least 4 members (excludes halogenated alkanes) is 3. The van der Waals surface area contributed by atoms with Crippen molar-refractivity contribution in [3.63, 3.8) is 0 Å². The molecular formula is C15H25N3OS. The van der Waals surface area contributed by atoms with Crippen LogP contribution in [0.15, 0.2) is 12.1 Å². The minimum atomic E-state index is -0.0175. The fraction of sp³-hybridized carbons (Fsp3) is 0.600. The molecule has 0 saturated heterocycles. The Bertz CT molecular complexity index is 424. The zero-order valence-electron chi connectivity index (χ0n) is 12.7. The predicted octanol–water partition coefficient (Wildman–Crippen LogP) is 3.08. The van der Waals surface area contributed by atoms with Crippen LogP contribution in [0.25, 0.3) is 0 Å². The van der Waals surface area contributed by atoms with Gasteiger partial charge in [0.1, 0.15) is 5.82 Å². The number of hydrogen-bond donors (Lipinski definition) is 2. The highest BCUT2D eigenvalue weighted by atomic mass is 32.2. The molecule has 1 aromatic heterocycles. The third-order valence-corrected chi connectivity index (χ3v) is 3.73. The van der Waals surface area contributed by atoms with E-state index >= 15 is 0 Å². The van der Waals surface area contributed by atoms with Crippen molar-refractivity contribution in [2.45, 2.75) is 32.6 Å². The number of nitrogens with one attached hydrogen (secondary N) is 2. The Balaban J connectivity index is 2.30. The van der Waals surface area contributed by atoms with Crippen molar-refractivity contribution < 1.29 is 4.79 Å². The number of anilines is 1. The van der Waals surface area contributed by atoms with Crippen LogP contribution < -0.4 is 10.6 Å². The van der Waals surface area contributed by atoms with Crippen molar-refractivity contribution in [3.8, 4) is 0 Å². The number of aromatic nitrogens is 1. The fourth-order valence-electron chi connectivity index (χ4n) is 1.96. The van der Waals surface area contributed by atoms with Gasteiger partial charge in [-0.2, -0.15) is 11.8 Å². The van der Waals surface area contributed by atoms with Crippen LogP contribution in [0.5, 0.6) is 0 Å². The van der Waals surface area contributed by atoms with Crippen LogP contribution in [0.1, 0.15) is 41.7 Å². The van der Waals surface area contributed by atoms with E-state index in [-0.39, 0.29) is 5.91 Å². The number of carbonyl (C=O) groups excluding carboxylic acids is 1. The Morgan fingerprint density at radius 2 is 2.00 bits per heavy atom. The van der Waals surface area contributed by atoms with Crippen molar-refractivity contribution in [1.82, 2.24) is 10.3 Å². The molecule has 0 saturated carbocycles. The van der Waals surface area contributed by atoms with Gasteiger partial charge >= 0.3 is 0 Å². The van der Waals surface area contributed by atoms with Gasteiger partial charge in [0.2, 0.25) is 0 Å². The molecule has 1 aromatic rings. The van der Waals surface area contributed by atoms with Gasteiger partial charge in [-0.25, -0.2) is 4.98 Å². The molecule has 112 valence electrons. The average molecular weight is 295 g/mol. The van der Waals surface area contributed by atoms with E-state index in [1.165, 1.54) is 25.0 Å². The van der Waals surface area contributed by atoms with Gasteiger partial charge in [-0.15, -0.1) is 0 Å². The van der Waals surface area contributed by atoms with E-state index in [1.807, 2.05) is 24.8 Å². The van der Waals surface area contributed by atoms with E-state index < -0.39 is 0 Å². The molecule has 0 spiro atoms. The van der Waals surface area contributed by atoms with Crippen molar-refractivity contribution in [1.29, 1.82) is 0 Å². The van der Waals surface area contributed by atoms with Gasteiger partial charge in [-0.1, -0.05) is 12.8 Å². The van der Waals surface area contributed by atoms with Crippen LogP contribution in [0.2, 0.25) is 0 Å². The van der Waals surface area contributed by atoms with E-state index in [0.29, 0.717) is 5.56 Å². The number of aryl methyl sites for hydroxylation is 1. The Morgan fingerprint density at radius 1 is 1.25 bits per heavy atom. The van der Waals surface area contributed by atoms with Crippen LogP contribution >= 0.6 is 11.8 Å². The first kappa shape index (κ1) is 16.8. The maximum atomic E-state index is 12.0. The van der Waals surface area contributed by atoms with Crippen LogP contribution in [0.4, 0.5) is 5.82 Å². The molecule has 1 amide bonds. The molecule has 1 rings (SSSR count). The molecule has 0 aliphatic heterocycles. The summed E-state index contributed by atoms with van der Waals surface area (Å²) < 4.78 is 0. The Morgan fingerprint density at radius 3 is 2.70 bits per heavy atom. The van der Waals surface area contributed by atoms with Gasteiger partial charge in [0.05, 0.1) is 0 Å². The van der Waals surface area contributed by atoms with Crippen LogP contribution in [-0.2, 0) is 0 Å². The molecule has 4 nitrogen and oxygen atoms in total. The number of carbonyl (C=O) groups is 1. The average Bonchev–Trinajstić information content (AvgIpc) is 2.45. The molecule has 0 atom stereocenters. The van der Waals surface area contributed by atoms with Gasteiger partial charge < -0.3 is 10.6 Å². The molecule has 0 fully saturated rings. The first-order valence-corrected chi connectivity index (χ1v) is 8.50. The van der Waals surface area contributed by atoms with E-state index in [0.717, 1.165) is 24.5 Å². The molecule has 0 bridgehead atoms. The lowest BCUT2D eigenvalue weighted by molar-refractivity contribution is 0.0953. The molecule has 1 heterocycles. The summed E-state index contributed by atoms with van der Waals surface area (Å²) in [6, 6.07) is 3.59. The fourth-order valence-corrected chi connectivity index (χ4v) is 2.45. The summed E-state index contributed by atoms with van der Waals surface area (Å²) >= 11 is 1.89. The molecule has 20 heavy (non-hydrogen) atoms. The second-order valence-corrected chi connectivity index (χ2v) is 5.78. The van der Waals surface area contributed by atoms with Crippen molar-refractivity contribution in [2.75, 3.05) is 30.9 Å². The molecule has 0 unspecified atom stereocenters. The van der Waals surface area contributed by atoms with Crippen LogP contribution in [0, 0.1) is 6.92 Å². The highest BCUT2D eigenvalue weighted by molar-refractivity contribution is 7.98. The Hall–Kier alpha value is -1.23. The Kier molecular flexibility index (Phi) is 8.11. The molecule has 2 N–H and O–H groups in total. The number of nitrogens with zero attached hydrogens (tertiary/aromatic N) is 1. The molecule has 0 aliphatic rings. The highest BCUT2D eigenvalue weighted by Crippen LogP contribution is 2.09. The molecule has 0 aliphatic carbocycles. The Labute approximate surface area is 126 Å². The van der Waals surface area contributed by atoms with Crippen LogP contribution in [-0.4, -0.2) is 36.5 Å². The van der Waals surface area contributed by atoms with Crippen molar-refractivity contribution >= 4 is 23.5 Å². The van der Waals surface area contributed by atoms with E-state index in [2.05, 4.69) is 21.9 Å². The number of rotatable bonds is 9. The zero-order chi connectivity index (χ0) is 14.8. The minimum absolute atomic E-state index is 0.0175. The maximum Gasteiger partial charge on any atom is 0.251 e. The standard InChI is InChI=1S/C15H25N3OS/c1-12-10-13(11-14(16-2)18-12)15(19)17-8-6-4-5-7-9-20-3/h10-11H,4-9H2,1-3H3,(H,16,18)(H,17,19). The summed E-state index contributed by atoms with van der Waals surface area (Å²) in [5.41, 5.74) is 1.52. The lowest BCUT2D eigenvalue weighted by Crippen LogP contribution is -2.24. The summed E-state index contributed by atoms with van der Waals surface area (Å²) in [4.78, 5) is 16.3. The number of hydrogen-bond acceptors (Lipinski definition) is 4.